The first-order valence-electron chi connectivity index (χ1n) is 7.98. The second-order valence-electron chi connectivity index (χ2n) is 5.63. The van der Waals surface area contributed by atoms with Crippen LogP contribution in [0.15, 0.2) is 22.7 Å². The van der Waals surface area contributed by atoms with E-state index in [-0.39, 0.29) is 0 Å². The molecule has 118 valence electrons. The molecule has 1 heterocycles. The molecule has 3 nitrogen and oxygen atoms in total. The first-order chi connectivity index (χ1) is 10.2. The van der Waals surface area contributed by atoms with Gasteiger partial charge in [-0.1, -0.05) is 22.9 Å². The molecular formula is C17H26BrNO2. The summed E-state index contributed by atoms with van der Waals surface area (Å²) < 4.78 is 12.7. The normalized spacial score (nSPS) is 19.7. The summed E-state index contributed by atoms with van der Waals surface area (Å²) in [7, 11) is 0. The van der Waals surface area contributed by atoms with Crippen molar-refractivity contribution in [2.24, 2.45) is 0 Å². The first kappa shape index (κ1) is 16.8. The van der Waals surface area contributed by atoms with Crippen LogP contribution in [0, 0.1) is 0 Å². The van der Waals surface area contributed by atoms with Gasteiger partial charge in [-0.3, -0.25) is 0 Å². The standard InChI is InChI=1S/C17H26BrNO2/c1-3-9-19-13(2)16-12-14(18)6-7-17(16)21-11-8-15-5-4-10-20-15/h6-7,12-13,15,19H,3-5,8-11H2,1-2H3. The lowest BCUT2D eigenvalue weighted by Gasteiger charge is -2.19. The van der Waals surface area contributed by atoms with Gasteiger partial charge in [0, 0.05) is 29.1 Å². The number of hydrogen-bond acceptors (Lipinski definition) is 3. The van der Waals surface area contributed by atoms with Crippen molar-refractivity contribution in [2.45, 2.75) is 51.7 Å². The molecule has 2 rings (SSSR count). The molecule has 4 heteroatoms. The van der Waals surface area contributed by atoms with E-state index in [9.17, 15) is 0 Å². The van der Waals surface area contributed by atoms with Crippen molar-refractivity contribution in [2.75, 3.05) is 19.8 Å². The van der Waals surface area contributed by atoms with Crippen molar-refractivity contribution in [3.8, 4) is 5.75 Å². The first-order valence-corrected chi connectivity index (χ1v) is 8.77. The van der Waals surface area contributed by atoms with Gasteiger partial charge >= 0.3 is 0 Å². The molecule has 21 heavy (non-hydrogen) atoms. The molecule has 1 aromatic rings. The summed E-state index contributed by atoms with van der Waals surface area (Å²) in [4.78, 5) is 0. The molecule has 1 fully saturated rings. The maximum absolute atomic E-state index is 6.01. The van der Waals surface area contributed by atoms with Crippen LogP contribution in [0.5, 0.6) is 5.75 Å². The summed E-state index contributed by atoms with van der Waals surface area (Å²) in [6, 6.07) is 6.53. The summed E-state index contributed by atoms with van der Waals surface area (Å²) in [5.41, 5.74) is 1.21. The van der Waals surface area contributed by atoms with E-state index in [1.807, 2.05) is 6.07 Å². The molecular weight excluding hydrogens is 330 g/mol. The summed E-state index contributed by atoms with van der Waals surface area (Å²) in [6.45, 7) is 7.01. The number of benzene rings is 1. The second kappa shape index (κ2) is 8.76. The molecule has 1 aliphatic rings. The largest absolute Gasteiger partial charge is 0.493 e. The minimum absolute atomic E-state index is 0.292. The van der Waals surface area contributed by atoms with Gasteiger partial charge in [0.2, 0.25) is 0 Å². The smallest absolute Gasteiger partial charge is 0.124 e. The van der Waals surface area contributed by atoms with Gasteiger partial charge in [0.25, 0.3) is 0 Å². The SMILES string of the molecule is CCCNC(C)c1cc(Br)ccc1OCCC1CCCO1. The fourth-order valence-electron chi connectivity index (χ4n) is 2.63. The highest BCUT2D eigenvalue weighted by Gasteiger charge is 2.16. The monoisotopic (exact) mass is 355 g/mol. The van der Waals surface area contributed by atoms with Crippen LogP contribution >= 0.6 is 15.9 Å². The van der Waals surface area contributed by atoms with E-state index in [1.165, 1.54) is 18.4 Å². The minimum atomic E-state index is 0.292. The van der Waals surface area contributed by atoms with Crippen LogP contribution < -0.4 is 10.1 Å². The van der Waals surface area contributed by atoms with Crippen molar-refractivity contribution in [1.29, 1.82) is 0 Å². The van der Waals surface area contributed by atoms with Crippen LogP contribution in [-0.2, 0) is 4.74 Å². The van der Waals surface area contributed by atoms with E-state index in [4.69, 9.17) is 9.47 Å². The quantitative estimate of drug-likeness (QED) is 0.746. The summed E-state index contributed by atoms with van der Waals surface area (Å²) in [5.74, 6) is 0.979. The number of halogens is 1. The van der Waals surface area contributed by atoms with E-state index in [2.05, 4.69) is 47.2 Å². The summed E-state index contributed by atoms with van der Waals surface area (Å²) in [6.07, 6.45) is 4.86. The van der Waals surface area contributed by atoms with Gasteiger partial charge in [0.1, 0.15) is 5.75 Å². The highest BCUT2D eigenvalue weighted by Crippen LogP contribution is 2.29. The second-order valence-corrected chi connectivity index (χ2v) is 6.55. The topological polar surface area (TPSA) is 30.5 Å². The third-order valence-corrected chi connectivity index (χ3v) is 4.35. The average molecular weight is 356 g/mol. The van der Waals surface area contributed by atoms with Gasteiger partial charge in [-0.25, -0.2) is 0 Å². The zero-order valence-corrected chi connectivity index (χ0v) is 14.6. The third kappa shape index (κ3) is 5.28. The Hall–Kier alpha value is -0.580. The van der Waals surface area contributed by atoms with E-state index in [0.29, 0.717) is 12.1 Å². The average Bonchev–Trinajstić information content (AvgIpc) is 2.99. The maximum Gasteiger partial charge on any atom is 0.124 e. The van der Waals surface area contributed by atoms with Gasteiger partial charge in [-0.05, 0) is 50.9 Å². The van der Waals surface area contributed by atoms with Crippen LogP contribution in [0.25, 0.3) is 0 Å². The Balaban J connectivity index is 1.93. The van der Waals surface area contributed by atoms with Gasteiger partial charge in [-0.2, -0.15) is 0 Å². The lowest BCUT2D eigenvalue weighted by molar-refractivity contribution is 0.0901. The van der Waals surface area contributed by atoms with Crippen LogP contribution in [0.3, 0.4) is 0 Å². The number of rotatable bonds is 8. The molecule has 1 N–H and O–H groups in total. The maximum atomic E-state index is 6.01. The summed E-state index contributed by atoms with van der Waals surface area (Å²) in [5, 5.41) is 3.52. The fourth-order valence-corrected chi connectivity index (χ4v) is 3.01. The van der Waals surface area contributed by atoms with E-state index in [0.717, 1.165) is 42.8 Å². The Kier molecular flexibility index (Phi) is 7.00. The van der Waals surface area contributed by atoms with Crippen LogP contribution in [-0.4, -0.2) is 25.9 Å². The summed E-state index contributed by atoms with van der Waals surface area (Å²) >= 11 is 3.55. The fraction of sp³-hybridized carbons (Fsp3) is 0.647. The molecule has 0 aromatic heterocycles. The Morgan fingerprint density at radius 3 is 3.05 bits per heavy atom. The van der Waals surface area contributed by atoms with Crippen molar-refractivity contribution >= 4 is 15.9 Å². The molecule has 0 amide bonds. The molecule has 1 aromatic carbocycles. The predicted molar refractivity (Wildman–Crippen MR) is 89.9 cm³/mol. The van der Waals surface area contributed by atoms with Crippen molar-refractivity contribution in [3.63, 3.8) is 0 Å². The molecule has 2 unspecified atom stereocenters. The molecule has 0 bridgehead atoms. The number of nitrogens with one attached hydrogen (secondary N) is 1. The minimum Gasteiger partial charge on any atom is -0.493 e. The predicted octanol–water partition coefficient (Wildman–Crippen LogP) is 4.46. The molecule has 0 radical (unpaired) electrons. The van der Waals surface area contributed by atoms with Crippen molar-refractivity contribution < 1.29 is 9.47 Å². The lowest BCUT2D eigenvalue weighted by Crippen LogP contribution is -2.20. The highest BCUT2D eigenvalue weighted by molar-refractivity contribution is 9.10. The zero-order valence-electron chi connectivity index (χ0n) is 13.0. The van der Waals surface area contributed by atoms with Gasteiger partial charge < -0.3 is 14.8 Å². The molecule has 1 saturated heterocycles. The van der Waals surface area contributed by atoms with Crippen LogP contribution in [0.1, 0.15) is 51.1 Å². The van der Waals surface area contributed by atoms with Gasteiger partial charge in [-0.15, -0.1) is 0 Å². The van der Waals surface area contributed by atoms with E-state index in [1.54, 1.807) is 0 Å². The molecule has 0 aliphatic carbocycles. The Morgan fingerprint density at radius 1 is 1.48 bits per heavy atom. The Morgan fingerprint density at radius 2 is 2.33 bits per heavy atom. The molecule has 0 spiro atoms. The Labute approximate surface area is 136 Å². The van der Waals surface area contributed by atoms with Crippen LogP contribution in [0.4, 0.5) is 0 Å². The molecule has 2 atom stereocenters. The zero-order chi connectivity index (χ0) is 15.1. The Bertz CT molecular complexity index is 433. The molecule has 1 aliphatic heterocycles. The number of ether oxygens (including phenoxy) is 2. The van der Waals surface area contributed by atoms with E-state index >= 15 is 0 Å². The molecule has 0 saturated carbocycles. The van der Waals surface area contributed by atoms with E-state index < -0.39 is 0 Å². The number of hydrogen-bond donors (Lipinski definition) is 1. The van der Waals surface area contributed by atoms with Gasteiger partial charge in [0.05, 0.1) is 12.7 Å². The third-order valence-electron chi connectivity index (χ3n) is 3.86. The lowest BCUT2D eigenvalue weighted by atomic mass is 10.1. The van der Waals surface area contributed by atoms with Crippen molar-refractivity contribution in [1.82, 2.24) is 5.32 Å². The van der Waals surface area contributed by atoms with Crippen LogP contribution in [0.2, 0.25) is 0 Å². The van der Waals surface area contributed by atoms with Crippen molar-refractivity contribution in [3.05, 3.63) is 28.2 Å². The highest BCUT2D eigenvalue weighted by atomic mass is 79.9. The van der Waals surface area contributed by atoms with Gasteiger partial charge in [0.15, 0.2) is 0 Å².